The molecule has 0 aromatic heterocycles. The van der Waals surface area contributed by atoms with Gasteiger partial charge in [-0.05, 0) is 79.9 Å². The lowest BCUT2D eigenvalue weighted by molar-refractivity contribution is -0.162. The number of ether oxygens (including phenoxy) is 1. The predicted molar refractivity (Wildman–Crippen MR) is 141 cm³/mol. The number of amides is 3. The second kappa shape index (κ2) is 9.81. The summed E-state index contributed by atoms with van der Waals surface area (Å²) in [6.07, 6.45) is 6.75. The third-order valence-corrected chi connectivity index (χ3v) is 9.83. The molecule has 4 saturated carbocycles. The van der Waals surface area contributed by atoms with Crippen molar-refractivity contribution in [1.82, 2.24) is 9.80 Å². The number of nitrogens with zero attached hydrogens (tertiary/aromatic N) is 3. The molecule has 6 aliphatic rings. The van der Waals surface area contributed by atoms with E-state index in [1.165, 1.54) is 29.7 Å². The van der Waals surface area contributed by atoms with Crippen LogP contribution < -0.4 is 4.90 Å². The van der Waals surface area contributed by atoms with Crippen molar-refractivity contribution in [2.45, 2.75) is 70.8 Å². The molecule has 7 rings (SSSR count). The average molecular weight is 508 g/mol. The van der Waals surface area contributed by atoms with Crippen LogP contribution in [-0.2, 0) is 19.1 Å². The predicted octanol–water partition coefficient (Wildman–Crippen LogP) is 3.82. The molecule has 2 heterocycles. The first-order valence-electron chi connectivity index (χ1n) is 14.4. The maximum Gasteiger partial charge on any atom is 0.257 e. The molecular weight excluding hydrogens is 466 g/mol. The Hall–Kier alpha value is -2.25. The topological polar surface area (TPSA) is 70.2 Å². The molecule has 0 radical (unpaired) electrons. The Morgan fingerprint density at radius 2 is 1.59 bits per heavy atom. The maximum absolute atomic E-state index is 14.5. The van der Waals surface area contributed by atoms with E-state index in [1.807, 2.05) is 29.2 Å². The molecule has 0 N–H and O–H groups in total. The zero-order valence-corrected chi connectivity index (χ0v) is 22.4. The molecule has 4 aliphatic carbocycles. The number of carbonyl (C=O) groups excluding carboxylic acids is 3. The van der Waals surface area contributed by atoms with Crippen molar-refractivity contribution < 1.29 is 19.1 Å². The van der Waals surface area contributed by atoms with E-state index in [9.17, 15) is 14.4 Å². The van der Waals surface area contributed by atoms with Gasteiger partial charge in [0.05, 0.1) is 30.7 Å². The number of benzene rings is 1. The summed E-state index contributed by atoms with van der Waals surface area (Å²) in [5, 5.41) is 0. The summed E-state index contributed by atoms with van der Waals surface area (Å²) >= 11 is 0. The molecule has 7 nitrogen and oxygen atoms in total. The van der Waals surface area contributed by atoms with Gasteiger partial charge in [0, 0.05) is 26.2 Å². The van der Waals surface area contributed by atoms with Gasteiger partial charge in [-0.15, -0.1) is 0 Å². The van der Waals surface area contributed by atoms with Crippen LogP contribution in [0.1, 0.15) is 70.3 Å². The van der Waals surface area contributed by atoms with E-state index in [2.05, 4.69) is 18.7 Å². The minimum absolute atomic E-state index is 0.0754. The molecule has 1 aromatic rings. The zero-order valence-electron chi connectivity index (χ0n) is 22.4. The van der Waals surface area contributed by atoms with Gasteiger partial charge in [-0.1, -0.05) is 26.0 Å². The van der Waals surface area contributed by atoms with Crippen LogP contribution in [0.3, 0.4) is 0 Å². The zero-order chi connectivity index (χ0) is 25.7. The SMILES string of the molecule is CC(C)c1ccc(N2C(=O)CC(N(CCN3CCOCC3)C(=O)C34CC5CC(CC(C5)C3)C4)C2=O)cc1. The van der Waals surface area contributed by atoms with Gasteiger partial charge >= 0.3 is 0 Å². The molecule has 0 spiro atoms. The monoisotopic (exact) mass is 507 g/mol. The Balaban J connectivity index is 1.26. The second-order valence-corrected chi connectivity index (χ2v) is 12.7. The van der Waals surface area contributed by atoms with Gasteiger partial charge in [0.2, 0.25) is 11.8 Å². The number of imide groups is 1. The summed E-state index contributed by atoms with van der Waals surface area (Å²) in [7, 11) is 0. The van der Waals surface area contributed by atoms with E-state index in [1.54, 1.807) is 0 Å². The van der Waals surface area contributed by atoms with E-state index >= 15 is 0 Å². The second-order valence-electron chi connectivity index (χ2n) is 12.7. The van der Waals surface area contributed by atoms with Gasteiger partial charge in [0.25, 0.3) is 5.91 Å². The highest BCUT2D eigenvalue weighted by molar-refractivity contribution is 6.23. The molecule has 1 unspecified atom stereocenters. The molecule has 1 atom stereocenters. The van der Waals surface area contributed by atoms with Crippen LogP contribution in [0.2, 0.25) is 0 Å². The highest BCUT2D eigenvalue weighted by Crippen LogP contribution is 2.60. The lowest BCUT2D eigenvalue weighted by Crippen LogP contribution is -2.58. The highest BCUT2D eigenvalue weighted by Gasteiger charge is 2.57. The molecule has 7 heteroatoms. The van der Waals surface area contributed by atoms with Crippen LogP contribution in [0.25, 0.3) is 0 Å². The van der Waals surface area contributed by atoms with Crippen LogP contribution in [0.4, 0.5) is 5.69 Å². The van der Waals surface area contributed by atoms with Gasteiger partial charge < -0.3 is 9.64 Å². The van der Waals surface area contributed by atoms with Gasteiger partial charge in [0.1, 0.15) is 6.04 Å². The molecule has 1 aromatic carbocycles. The first-order valence-corrected chi connectivity index (χ1v) is 14.4. The smallest absolute Gasteiger partial charge is 0.257 e. The minimum Gasteiger partial charge on any atom is -0.379 e. The number of morpholine rings is 1. The lowest BCUT2D eigenvalue weighted by atomic mass is 9.49. The number of hydrogen-bond acceptors (Lipinski definition) is 5. The molecule has 4 bridgehead atoms. The van der Waals surface area contributed by atoms with E-state index < -0.39 is 6.04 Å². The number of rotatable bonds is 7. The molecule has 2 saturated heterocycles. The van der Waals surface area contributed by atoms with Crippen LogP contribution in [0, 0.1) is 23.2 Å². The van der Waals surface area contributed by atoms with Crippen molar-refractivity contribution in [3.05, 3.63) is 29.8 Å². The summed E-state index contributed by atoms with van der Waals surface area (Å²) in [6, 6.07) is 7.01. The van der Waals surface area contributed by atoms with Crippen LogP contribution in [0.5, 0.6) is 0 Å². The fraction of sp³-hybridized carbons (Fsp3) is 0.700. The normalized spacial score (nSPS) is 33.5. The van der Waals surface area contributed by atoms with Crippen molar-refractivity contribution in [3.8, 4) is 0 Å². The number of anilines is 1. The Labute approximate surface area is 220 Å². The van der Waals surface area contributed by atoms with Gasteiger partial charge in [-0.3, -0.25) is 19.3 Å². The highest BCUT2D eigenvalue weighted by atomic mass is 16.5. The third kappa shape index (κ3) is 4.63. The average Bonchev–Trinajstić information content (AvgIpc) is 3.17. The fourth-order valence-corrected chi connectivity index (χ4v) is 8.29. The van der Waals surface area contributed by atoms with E-state index in [0.29, 0.717) is 55.7 Å². The Morgan fingerprint density at radius 3 is 2.16 bits per heavy atom. The summed E-state index contributed by atoms with van der Waals surface area (Å²) in [5.74, 6) is 2.00. The van der Waals surface area contributed by atoms with E-state index in [0.717, 1.165) is 32.4 Å². The first kappa shape index (κ1) is 25.1. The summed E-state index contributed by atoms with van der Waals surface area (Å²) in [6.45, 7) is 8.52. The molecular formula is C30H41N3O4. The van der Waals surface area contributed by atoms with E-state index in [4.69, 9.17) is 4.74 Å². The van der Waals surface area contributed by atoms with E-state index in [-0.39, 0.29) is 29.6 Å². The fourth-order valence-electron chi connectivity index (χ4n) is 8.29. The molecule has 37 heavy (non-hydrogen) atoms. The summed E-state index contributed by atoms with van der Waals surface area (Å²) < 4.78 is 5.51. The largest absolute Gasteiger partial charge is 0.379 e. The van der Waals surface area contributed by atoms with Crippen LogP contribution in [0.15, 0.2) is 24.3 Å². The van der Waals surface area contributed by atoms with Crippen LogP contribution >= 0.6 is 0 Å². The maximum atomic E-state index is 14.5. The Bertz CT molecular complexity index is 1010. The summed E-state index contributed by atoms with van der Waals surface area (Å²) in [5.41, 5.74) is 1.44. The molecule has 6 fully saturated rings. The third-order valence-electron chi connectivity index (χ3n) is 9.83. The first-order chi connectivity index (χ1) is 17.8. The van der Waals surface area contributed by atoms with Gasteiger partial charge in [0.15, 0.2) is 0 Å². The standard InChI is InChI=1S/C30H41N3O4/c1-20(2)24-3-5-25(6-4-24)33-27(34)16-26(28(33)35)32(8-7-31-9-11-37-12-10-31)29(36)30-17-21-13-22(18-30)15-23(14-21)19-30/h3-6,20-23,26H,7-19H2,1-2H3. The molecule has 3 amide bonds. The number of hydrogen-bond donors (Lipinski definition) is 0. The Kier molecular flexibility index (Phi) is 6.64. The van der Waals surface area contributed by atoms with Gasteiger partial charge in [-0.25, -0.2) is 4.90 Å². The molecule has 200 valence electrons. The summed E-state index contributed by atoms with van der Waals surface area (Å²) in [4.78, 5) is 47.0. The van der Waals surface area contributed by atoms with Crippen LogP contribution in [-0.4, -0.2) is 73.0 Å². The Morgan fingerprint density at radius 1 is 1.00 bits per heavy atom. The van der Waals surface area contributed by atoms with Gasteiger partial charge in [-0.2, -0.15) is 0 Å². The lowest BCUT2D eigenvalue weighted by Gasteiger charge is -2.57. The van der Waals surface area contributed by atoms with Crippen molar-refractivity contribution in [2.24, 2.45) is 23.2 Å². The number of carbonyl (C=O) groups is 3. The quantitative estimate of drug-likeness (QED) is 0.525. The molecule has 2 aliphatic heterocycles. The van der Waals surface area contributed by atoms with Crippen molar-refractivity contribution in [1.29, 1.82) is 0 Å². The minimum atomic E-state index is -0.709. The van der Waals surface area contributed by atoms with Crippen molar-refractivity contribution in [3.63, 3.8) is 0 Å². The van der Waals surface area contributed by atoms with Crippen molar-refractivity contribution in [2.75, 3.05) is 44.3 Å². The van der Waals surface area contributed by atoms with Crippen molar-refractivity contribution >= 4 is 23.4 Å².